The Hall–Kier alpha value is -1.75. The smallest absolute Gasteiger partial charge is 0.239 e. The molecule has 2 aliphatic rings. The first-order chi connectivity index (χ1) is 11.1. The van der Waals surface area contributed by atoms with Gasteiger partial charge in [0, 0.05) is 26.2 Å². The summed E-state index contributed by atoms with van der Waals surface area (Å²) in [5, 5.41) is 0. The molecule has 2 heterocycles. The van der Waals surface area contributed by atoms with Crippen molar-refractivity contribution >= 4 is 5.91 Å². The van der Waals surface area contributed by atoms with Crippen LogP contribution in [0.2, 0.25) is 0 Å². The maximum atomic E-state index is 12.6. The number of methoxy groups -OCH3 is 2. The summed E-state index contributed by atoms with van der Waals surface area (Å²) in [6, 6.07) is 4.06. The molecule has 0 aliphatic carbocycles. The summed E-state index contributed by atoms with van der Waals surface area (Å²) < 4.78 is 10.8. The molecule has 5 heteroatoms. The number of amides is 1. The SMILES string of the molecule is COc1cc2c(cc1OC)CN([C@H](C)C(=O)N1CCCC1)CC2. The quantitative estimate of drug-likeness (QED) is 0.852. The summed E-state index contributed by atoms with van der Waals surface area (Å²) in [4.78, 5) is 16.9. The summed E-state index contributed by atoms with van der Waals surface area (Å²) in [7, 11) is 3.32. The second-order valence-electron chi connectivity index (χ2n) is 6.40. The van der Waals surface area contributed by atoms with Gasteiger partial charge in [0.25, 0.3) is 0 Å². The van der Waals surface area contributed by atoms with Crippen molar-refractivity contribution in [3.05, 3.63) is 23.3 Å². The van der Waals surface area contributed by atoms with E-state index in [-0.39, 0.29) is 11.9 Å². The Morgan fingerprint density at radius 2 is 1.65 bits per heavy atom. The van der Waals surface area contributed by atoms with Crippen LogP contribution in [-0.2, 0) is 17.8 Å². The van der Waals surface area contributed by atoms with Crippen molar-refractivity contribution in [2.75, 3.05) is 33.9 Å². The Labute approximate surface area is 138 Å². The third kappa shape index (κ3) is 3.15. The van der Waals surface area contributed by atoms with Crippen LogP contribution in [0.1, 0.15) is 30.9 Å². The van der Waals surface area contributed by atoms with E-state index in [9.17, 15) is 4.79 Å². The van der Waals surface area contributed by atoms with Crippen molar-refractivity contribution in [2.24, 2.45) is 0 Å². The first-order valence-corrected chi connectivity index (χ1v) is 8.40. The van der Waals surface area contributed by atoms with E-state index >= 15 is 0 Å². The Bertz CT molecular complexity index is 582. The maximum Gasteiger partial charge on any atom is 0.239 e. The summed E-state index contributed by atoms with van der Waals surface area (Å²) in [5.74, 6) is 1.80. The van der Waals surface area contributed by atoms with Crippen molar-refractivity contribution in [2.45, 2.75) is 38.8 Å². The number of carbonyl (C=O) groups is 1. The number of hydrogen-bond donors (Lipinski definition) is 0. The zero-order chi connectivity index (χ0) is 16.4. The van der Waals surface area contributed by atoms with Crippen LogP contribution in [0, 0.1) is 0 Å². The molecule has 0 saturated carbocycles. The van der Waals surface area contributed by atoms with Gasteiger partial charge in [-0.15, -0.1) is 0 Å². The third-order valence-electron chi connectivity index (χ3n) is 5.07. The highest BCUT2D eigenvalue weighted by molar-refractivity contribution is 5.81. The molecule has 23 heavy (non-hydrogen) atoms. The largest absolute Gasteiger partial charge is 0.493 e. The monoisotopic (exact) mass is 318 g/mol. The molecule has 1 amide bonds. The van der Waals surface area contributed by atoms with Gasteiger partial charge >= 0.3 is 0 Å². The molecule has 1 atom stereocenters. The number of benzene rings is 1. The number of fused-ring (bicyclic) bond motifs is 1. The predicted molar refractivity (Wildman–Crippen MR) is 88.9 cm³/mol. The summed E-state index contributed by atoms with van der Waals surface area (Å²) >= 11 is 0. The molecule has 0 unspecified atom stereocenters. The van der Waals surface area contributed by atoms with Gasteiger partial charge in [-0.05, 0) is 49.4 Å². The summed E-state index contributed by atoms with van der Waals surface area (Å²) in [6.45, 7) is 5.56. The van der Waals surface area contributed by atoms with Crippen LogP contribution >= 0.6 is 0 Å². The van der Waals surface area contributed by atoms with Crippen LogP contribution in [0.4, 0.5) is 0 Å². The minimum atomic E-state index is -0.0608. The molecule has 0 bridgehead atoms. The van der Waals surface area contributed by atoms with E-state index in [0.717, 1.165) is 56.9 Å². The Balaban J connectivity index is 1.75. The summed E-state index contributed by atoms with van der Waals surface area (Å²) in [6.07, 6.45) is 3.21. The van der Waals surface area contributed by atoms with E-state index in [4.69, 9.17) is 9.47 Å². The zero-order valence-electron chi connectivity index (χ0n) is 14.3. The van der Waals surface area contributed by atoms with E-state index in [2.05, 4.69) is 11.0 Å². The van der Waals surface area contributed by atoms with Crippen LogP contribution in [0.3, 0.4) is 0 Å². The van der Waals surface area contributed by atoms with Gasteiger partial charge in [-0.2, -0.15) is 0 Å². The van der Waals surface area contributed by atoms with Crippen LogP contribution in [0.5, 0.6) is 11.5 Å². The first kappa shape index (κ1) is 16.1. The van der Waals surface area contributed by atoms with Gasteiger partial charge in [0.2, 0.25) is 5.91 Å². The second-order valence-corrected chi connectivity index (χ2v) is 6.40. The van der Waals surface area contributed by atoms with E-state index in [0.29, 0.717) is 0 Å². The summed E-state index contributed by atoms with van der Waals surface area (Å²) in [5.41, 5.74) is 2.52. The molecule has 1 fully saturated rings. The molecule has 0 N–H and O–H groups in total. The van der Waals surface area contributed by atoms with Crippen LogP contribution < -0.4 is 9.47 Å². The minimum Gasteiger partial charge on any atom is -0.493 e. The minimum absolute atomic E-state index is 0.0608. The predicted octanol–water partition coefficient (Wildman–Crippen LogP) is 2.07. The van der Waals surface area contributed by atoms with Gasteiger partial charge in [-0.25, -0.2) is 0 Å². The Morgan fingerprint density at radius 3 is 2.26 bits per heavy atom. The number of likely N-dealkylation sites (tertiary alicyclic amines) is 1. The highest BCUT2D eigenvalue weighted by Gasteiger charge is 2.30. The molecule has 0 aromatic heterocycles. The Morgan fingerprint density at radius 1 is 1.04 bits per heavy atom. The molecule has 1 saturated heterocycles. The number of carbonyl (C=O) groups excluding carboxylic acids is 1. The highest BCUT2D eigenvalue weighted by atomic mass is 16.5. The molecule has 0 radical (unpaired) electrons. The Kier molecular flexibility index (Phi) is 4.76. The van der Waals surface area contributed by atoms with E-state index in [1.165, 1.54) is 11.1 Å². The van der Waals surface area contributed by atoms with Crippen molar-refractivity contribution < 1.29 is 14.3 Å². The average Bonchev–Trinajstić information content (AvgIpc) is 3.13. The van der Waals surface area contributed by atoms with Crippen molar-refractivity contribution in [1.82, 2.24) is 9.80 Å². The molecular weight excluding hydrogens is 292 g/mol. The van der Waals surface area contributed by atoms with Crippen molar-refractivity contribution in [3.63, 3.8) is 0 Å². The maximum absolute atomic E-state index is 12.6. The standard InChI is InChI=1S/C18H26N2O3/c1-13(18(21)19-7-4-5-8-19)20-9-6-14-10-16(22-2)17(23-3)11-15(14)12-20/h10-11,13H,4-9,12H2,1-3H3/t13-/m1/s1. The highest BCUT2D eigenvalue weighted by Crippen LogP contribution is 2.33. The third-order valence-corrected chi connectivity index (χ3v) is 5.07. The van der Waals surface area contributed by atoms with Crippen LogP contribution in [0.25, 0.3) is 0 Å². The van der Waals surface area contributed by atoms with Gasteiger partial charge in [0.05, 0.1) is 20.3 Å². The zero-order valence-corrected chi connectivity index (χ0v) is 14.3. The van der Waals surface area contributed by atoms with Gasteiger partial charge in [0.15, 0.2) is 11.5 Å². The topological polar surface area (TPSA) is 42.0 Å². The van der Waals surface area contributed by atoms with Crippen LogP contribution in [0.15, 0.2) is 12.1 Å². The fraction of sp³-hybridized carbons (Fsp3) is 0.611. The van der Waals surface area contributed by atoms with E-state index < -0.39 is 0 Å². The molecule has 0 spiro atoms. The molecule has 1 aromatic carbocycles. The molecular formula is C18H26N2O3. The molecule has 3 rings (SSSR count). The van der Waals surface area contributed by atoms with Crippen molar-refractivity contribution in [3.8, 4) is 11.5 Å². The lowest BCUT2D eigenvalue weighted by Crippen LogP contribution is -2.47. The number of nitrogens with zero attached hydrogens (tertiary/aromatic N) is 2. The van der Waals surface area contributed by atoms with Crippen LogP contribution in [-0.4, -0.2) is 55.6 Å². The lowest BCUT2D eigenvalue weighted by Gasteiger charge is -2.35. The lowest BCUT2D eigenvalue weighted by atomic mass is 9.97. The van der Waals surface area contributed by atoms with Gasteiger partial charge in [-0.3, -0.25) is 9.69 Å². The van der Waals surface area contributed by atoms with Crippen molar-refractivity contribution in [1.29, 1.82) is 0 Å². The molecule has 126 valence electrons. The fourth-order valence-electron chi connectivity index (χ4n) is 3.59. The number of rotatable bonds is 4. The molecule has 2 aliphatic heterocycles. The average molecular weight is 318 g/mol. The van der Waals surface area contributed by atoms with E-state index in [1.54, 1.807) is 14.2 Å². The number of hydrogen-bond acceptors (Lipinski definition) is 4. The normalized spacial score (nSPS) is 19.3. The van der Waals surface area contributed by atoms with Gasteiger partial charge in [-0.1, -0.05) is 0 Å². The molecule has 1 aromatic rings. The fourth-order valence-corrected chi connectivity index (χ4v) is 3.59. The van der Waals surface area contributed by atoms with E-state index in [1.807, 2.05) is 17.9 Å². The second kappa shape index (κ2) is 6.79. The molecule has 5 nitrogen and oxygen atoms in total. The lowest BCUT2D eigenvalue weighted by molar-refractivity contribution is -0.135. The first-order valence-electron chi connectivity index (χ1n) is 8.40. The van der Waals surface area contributed by atoms with Gasteiger partial charge < -0.3 is 14.4 Å². The van der Waals surface area contributed by atoms with Gasteiger partial charge in [0.1, 0.15) is 0 Å². The number of ether oxygens (including phenoxy) is 2.